The molecule has 128 valence electrons. The van der Waals surface area contributed by atoms with Gasteiger partial charge in [-0.05, 0) is 31.6 Å². The molecule has 2 aliphatic heterocycles. The van der Waals surface area contributed by atoms with Crippen molar-refractivity contribution in [1.82, 2.24) is 9.21 Å². The Kier molecular flexibility index (Phi) is 4.87. The molecule has 0 bridgehead atoms. The number of carbonyl (C=O) groups excluding carboxylic acids is 1. The van der Waals surface area contributed by atoms with Crippen molar-refractivity contribution in [3.05, 3.63) is 0 Å². The Hall–Kier alpha value is -0.700. The van der Waals surface area contributed by atoms with Crippen molar-refractivity contribution >= 4 is 15.9 Å². The van der Waals surface area contributed by atoms with E-state index >= 15 is 0 Å². The number of likely N-dealkylation sites (tertiary alicyclic amines) is 1. The lowest BCUT2D eigenvalue weighted by Crippen LogP contribution is -2.47. The minimum atomic E-state index is -3.36. The minimum Gasteiger partial charge on any atom is -0.394 e. The van der Waals surface area contributed by atoms with Crippen LogP contribution in [0.1, 0.15) is 32.6 Å². The van der Waals surface area contributed by atoms with Crippen molar-refractivity contribution in [3.63, 3.8) is 0 Å². The average molecular weight is 333 g/mol. The standard InChI is InChI=1S/C14H27N3O4S/c1-13(11-18)9-14(10-17(13)22(2,20)21)4-7-16(8-5-14)12(19)3-6-15/h18H,3-11,15H2,1-2H3. The molecule has 7 nitrogen and oxygen atoms in total. The van der Waals surface area contributed by atoms with Gasteiger partial charge in [0.1, 0.15) is 0 Å². The first-order valence-electron chi connectivity index (χ1n) is 7.72. The molecule has 0 aliphatic carbocycles. The zero-order chi connectivity index (χ0) is 16.6. The number of hydrogen-bond acceptors (Lipinski definition) is 5. The lowest BCUT2D eigenvalue weighted by molar-refractivity contribution is -0.133. The zero-order valence-electron chi connectivity index (χ0n) is 13.4. The molecule has 2 aliphatic rings. The molecule has 1 unspecified atom stereocenters. The Labute approximate surface area is 132 Å². The van der Waals surface area contributed by atoms with Crippen LogP contribution in [0.5, 0.6) is 0 Å². The fraction of sp³-hybridized carbons (Fsp3) is 0.929. The Morgan fingerprint density at radius 2 is 1.91 bits per heavy atom. The lowest BCUT2D eigenvalue weighted by atomic mass is 9.74. The fourth-order valence-electron chi connectivity index (χ4n) is 3.95. The Morgan fingerprint density at radius 3 is 2.32 bits per heavy atom. The van der Waals surface area contributed by atoms with Gasteiger partial charge in [-0.1, -0.05) is 0 Å². The molecule has 0 radical (unpaired) electrons. The summed E-state index contributed by atoms with van der Waals surface area (Å²) in [6.45, 7) is 3.68. The van der Waals surface area contributed by atoms with E-state index in [1.54, 1.807) is 6.92 Å². The second kappa shape index (κ2) is 6.07. The summed E-state index contributed by atoms with van der Waals surface area (Å²) in [6.07, 6.45) is 3.73. The fourth-order valence-corrected chi connectivity index (χ4v) is 5.38. The van der Waals surface area contributed by atoms with Crippen molar-refractivity contribution in [2.24, 2.45) is 11.1 Å². The third kappa shape index (κ3) is 3.29. The van der Waals surface area contributed by atoms with Gasteiger partial charge in [0.2, 0.25) is 15.9 Å². The van der Waals surface area contributed by atoms with Crippen LogP contribution in [-0.4, -0.2) is 73.2 Å². The number of carbonyl (C=O) groups is 1. The van der Waals surface area contributed by atoms with E-state index in [9.17, 15) is 18.3 Å². The number of amides is 1. The minimum absolute atomic E-state index is 0.0697. The molecule has 2 rings (SSSR count). The number of sulfonamides is 1. The second-order valence-electron chi connectivity index (χ2n) is 7.02. The van der Waals surface area contributed by atoms with Crippen molar-refractivity contribution in [3.8, 4) is 0 Å². The molecule has 2 saturated heterocycles. The molecule has 1 atom stereocenters. The molecule has 0 saturated carbocycles. The molecule has 0 aromatic heterocycles. The smallest absolute Gasteiger partial charge is 0.223 e. The van der Waals surface area contributed by atoms with Gasteiger partial charge in [-0.15, -0.1) is 0 Å². The maximum Gasteiger partial charge on any atom is 0.223 e. The van der Waals surface area contributed by atoms with E-state index in [1.165, 1.54) is 10.6 Å². The molecule has 8 heteroatoms. The van der Waals surface area contributed by atoms with E-state index in [0.717, 1.165) is 12.8 Å². The van der Waals surface area contributed by atoms with Crippen molar-refractivity contribution < 1.29 is 18.3 Å². The van der Waals surface area contributed by atoms with Crippen LogP contribution in [0.15, 0.2) is 0 Å². The van der Waals surface area contributed by atoms with Crippen LogP contribution < -0.4 is 5.73 Å². The molecule has 0 aromatic rings. The highest BCUT2D eigenvalue weighted by atomic mass is 32.2. The van der Waals surface area contributed by atoms with Gasteiger partial charge in [0.25, 0.3) is 0 Å². The Morgan fingerprint density at radius 1 is 1.32 bits per heavy atom. The summed E-state index contributed by atoms with van der Waals surface area (Å²) in [4.78, 5) is 13.7. The first-order chi connectivity index (χ1) is 10.2. The van der Waals surface area contributed by atoms with Gasteiger partial charge in [0.15, 0.2) is 0 Å². The van der Waals surface area contributed by atoms with Gasteiger partial charge in [-0.3, -0.25) is 4.79 Å². The topological polar surface area (TPSA) is 104 Å². The molecule has 2 fully saturated rings. The maximum atomic E-state index is 12.0. The van der Waals surface area contributed by atoms with Crippen LogP contribution in [0, 0.1) is 5.41 Å². The molecule has 22 heavy (non-hydrogen) atoms. The highest BCUT2D eigenvalue weighted by molar-refractivity contribution is 7.88. The predicted molar refractivity (Wildman–Crippen MR) is 83.6 cm³/mol. The number of piperidine rings is 1. The molecular weight excluding hydrogens is 306 g/mol. The normalized spacial score (nSPS) is 29.2. The monoisotopic (exact) mass is 333 g/mol. The van der Waals surface area contributed by atoms with Crippen molar-refractivity contribution in [1.29, 1.82) is 0 Å². The summed E-state index contributed by atoms with van der Waals surface area (Å²) in [6, 6.07) is 0. The summed E-state index contributed by atoms with van der Waals surface area (Å²) in [5.41, 5.74) is 4.54. The first-order valence-corrected chi connectivity index (χ1v) is 9.57. The van der Waals surface area contributed by atoms with E-state index in [0.29, 0.717) is 39.0 Å². The molecule has 0 aromatic carbocycles. The molecule has 3 N–H and O–H groups in total. The number of rotatable bonds is 4. The third-order valence-corrected chi connectivity index (χ3v) is 6.48. The number of hydrogen-bond donors (Lipinski definition) is 2. The maximum absolute atomic E-state index is 12.0. The first kappa shape index (κ1) is 17.7. The van der Waals surface area contributed by atoms with E-state index < -0.39 is 15.6 Å². The highest BCUT2D eigenvalue weighted by Gasteiger charge is 2.54. The van der Waals surface area contributed by atoms with E-state index in [-0.39, 0.29) is 17.9 Å². The van der Waals surface area contributed by atoms with Crippen LogP contribution in [0.2, 0.25) is 0 Å². The van der Waals surface area contributed by atoms with Crippen molar-refractivity contribution in [2.75, 3.05) is 39.0 Å². The molecule has 1 spiro atoms. The highest BCUT2D eigenvalue weighted by Crippen LogP contribution is 2.48. The van der Waals surface area contributed by atoms with E-state index in [2.05, 4.69) is 0 Å². The number of aliphatic hydroxyl groups is 1. The molecular formula is C14H27N3O4S. The molecule has 1 amide bonds. The predicted octanol–water partition coefficient (Wildman–Crippen LogP) is -0.640. The van der Waals surface area contributed by atoms with Crippen molar-refractivity contribution in [2.45, 2.75) is 38.1 Å². The summed E-state index contributed by atoms with van der Waals surface area (Å²) in [7, 11) is -3.36. The SMILES string of the molecule is CC1(CO)CC2(CCN(C(=O)CCN)CC2)CN1S(C)(=O)=O. The van der Waals surface area contributed by atoms with Crippen LogP contribution >= 0.6 is 0 Å². The zero-order valence-corrected chi connectivity index (χ0v) is 14.2. The largest absolute Gasteiger partial charge is 0.394 e. The van der Waals surface area contributed by atoms with Gasteiger partial charge in [-0.25, -0.2) is 8.42 Å². The summed E-state index contributed by atoms with van der Waals surface area (Å²) in [5, 5.41) is 9.70. The van der Waals surface area contributed by atoms with Gasteiger partial charge < -0.3 is 15.7 Å². The van der Waals surface area contributed by atoms with Gasteiger partial charge in [0, 0.05) is 32.6 Å². The van der Waals surface area contributed by atoms with Crippen LogP contribution in [0.25, 0.3) is 0 Å². The quantitative estimate of drug-likeness (QED) is 0.712. The summed E-state index contributed by atoms with van der Waals surface area (Å²) >= 11 is 0. The molecule has 2 heterocycles. The van der Waals surface area contributed by atoms with Crippen LogP contribution in [0.4, 0.5) is 0 Å². The van der Waals surface area contributed by atoms with E-state index in [1.807, 2.05) is 4.90 Å². The summed E-state index contributed by atoms with van der Waals surface area (Å²) < 4.78 is 25.5. The van der Waals surface area contributed by atoms with Gasteiger partial charge in [0.05, 0.1) is 18.4 Å². The average Bonchev–Trinajstić information content (AvgIpc) is 2.74. The van der Waals surface area contributed by atoms with Gasteiger partial charge in [-0.2, -0.15) is 4.31 Å². The van der Waals surface area contributed by atoms with Gasteiger partial charge >= 0.3 is 0 Å². The van der Waals surface area contributed by atoms with E-state index in [4.69, 9.17) is 5.73 Å². The Balaban J connectivity index is 2.10. The lowest BCUT2D eigenvalue weighted by Gasteiger charge is -2.39. The number of nitrogens with two attached hydrogens (primary N) is 1. The third-order valence-electron chi connectivity index (χ3n) is 5.11. The van der Waals surface area contributed by atoms with Crippen LogP contribution in [0.3, 0.4) is 0 Å². The Bertz CT molecular complexity index is 528. The number of aliphatic hydroxyl groups excluding tert-OH is 1. The number of nitrogens with zero attached hydrogens (tertiary/aromatic N) is 2. The second-order valence-corrected chi connectivity index (χ2v) is 8.93. The van der Waals surface area contributed by atoms with Crippen LogP contribution in [-0.2, 0) is 14.8 Å². The summed E-state index contributed by atoms with van der Waals surface area (Å²) in [5.74, 6) is 0.0697.